The summed E-state index contributed by atoms with van der Waals surface area (Å²) in [4.78, 5) is 12.3. The molecule has 0 bridgehead atoms. The van der Waals surface area contributed by atoms with Gasteiger partial charge in [-0.1, -0.05) is 0 Å². The zero-order chi connectivity index (χ0) is 17.0. The van der Waals surface area contributed by atoms with Crippen LogP contribution >= 0.6 is 0 Å². The number of ether oxygens (including phenoxy) is 2. The molecule has 0 unspecified atom stereocenters. The van der Waals surface area contributed by atoms with Crippen molar-refractivity contribution in [3.8, 4) is 28.7 Å². The number of hydrogen-bond acceptors (Lipinski definition) is 6. The van der Waals surface area contributed by atoms with Crippen LogP contribution in [0.25, 0.3) is 0 Å². The smallest absolute Gasteiger partial charge is 0.163 e. The number of rotatable bonds is 6. The van der Waals surface area contributed by atoms with Gasteiger partial charge in [-0.25, -0.2) is 0 Å². The number of benzene rings is 2. The summed E-state index contributed by atoms with van der Waals surface area (Å²) in [5.41, 5.74) is 0.664. The van der Waals surface area contributed by atoms with Gasteiger partial charge in [-0.15, -0.1) is 0 Å². The summed E-state index contributed by atoms with van der Waals surface area (Å²) in [6.07, 6.45) is 0.229. The molecular weight excluding hydrogens is 300 g/mol. The standard InChI is InChI=1S/C17H18O6/c1-22-16-6-3-10(7-17(16)23-2)13(19)5-4-12-14(20)8-11(18)9-15(12)21/h3,6-9,18,20-21H,4-5H2,1-2H3. The molecule has 0 fully saturated rings. The third kappa shape index (κ3) is 3.66. The highest BCUT2D eigenvalue weighted by molar-refractivity contribution is 5.96. The number of phenolic OH excluding ortho intramolecular Hbond substituents is 3. The van der Waals surface area contributed by atoms with E-state index in [0.29, 0.717) is 17.1 Å². The molecule has 23 heavy (non-hydrogen) atoms. The Bertz CT molecular complexity index is 700. The molecule has 0 amide bonds. The third-order valence-electron chi connectivity index (χ3n) is 3.50. The van der Waals surface area contributed by atoms with Crippen molar-refractivity contribution in [3.63, 3.8) is 0 Å². The molecule has 0 aliphatic carbocycles. The Morgan fingerprint density at radius 3 is 2.13 bits per heavy atom. The van der Waals surface area contributed by atoms with Crippen LogP contribution < -0.4 is 9.47 Å². The Kier molecular flexibility index (Phi) is 4.95. The number of methoxy groups -OCH3 is 2. The van der Waals surface area contributed by atoms with Crippen LogP contribution in [0.3, 0.4) is 0 Å². The Balaban J connectivity index is 2.14. The topological polar surface area (TPSA) is 96.2 Å². The van der Waals surface area contributed by atoms with E-state index in [0.717, 1.165) is 12.1 Å². The summed E-state index contributed by atoms with van der Waals surface area (Å²) in [6.45, 7) is 0. The molecule has 0 spiro atoms. The average molecular weight is 318 g/mol. The lowest BCUT2D eigenvalue weighted by molar-refractivity contribution is 0.0982. The summed E-state index contributed by atoms with van der Waals surface area (Å²) in [5.74, 6) is 0.0737. The van der Waals surface area contributed by atoms with E-state index in [4.69, 9.17) is 9.47 Å². The minimum atomic E-state index is -0.248. The average Bonchev–Trinajstić information content (AvgIpc) is 2.52. The van der Waals surface area contributed by atoms with Crippen molar-refractivity contribution in [1.82, 2.24) is 0 Å². The molecule has 2 aromatic rings. The van der Waals surface area contributed by atoms with Crippen LogP contribution in [0, 0.1) is 0 Å². The predicted molar refractivity (Wildman–Crippen MR) is 83.6 cm³/mol. The number of hydrogen-bond donors (Lipinski definition) is 3. The zero-order valence-electron chi connectivity index (χ0n) is 12.9. The second-order valence-electron chi connectivity index (χ2n) is 4.96. The van der Waals surface area contributed by atoms with Gasteiger partial charge in [0.1, 0.15) is 17.2 Å². The number of carbonyl (C=O) groups excluding carboxylic acids is 1. The molecule has 0 saturated carbocycles. The molecule has 6 nitrogen and oxygen atoms in total. The molecule has 0 heterocycles. The Hall–Kier alpha value is -2.89. The lowest BCUT2D eigenvalue weighted by Crippen LogP contribution is -2.03. The van der Waals surface area contributed by atoms with Crippen LogP contribution in [0.2, 0.25) is 0 Å². The molecule has 0 aliphatic heterocycles. The molecule has 122 valence electrons. The molecule has 0 saturated heterocycles. The van der Waals surface area contributed by atoms with Gasteiger partial charge in [0.25, 0.3) is 0 Å². The molecule has 0 aromatic heterocycles. The SMILES string of the molecule is COc1ccc(C(=O)CCc2c(O)cc(O)cc2O)cc1OC. The van der Waals surface area contributed by atoms with Gasteiger partial charge in [0.05, 0.1) is 14.2 Å². The molecule has 6 heteroatoms. The van der Waals surface area contributed by atoms with Crippen molar-refractivity contribution < 1.29 is 29.6 Å². The molecule has 2 aromatic carbocycles. The van der Waals surface area contributed by atoms with Gasteiger partial charge in [0, 0.05) is 29.7 Å². The van der Waals surface area contributed by atoms with Crippen LogP contribution in [-0.4, -0.2) is 35.3 Å². The Labute approximate surface area is 133 Å². The number of phenols is 3. The maximum Gasteiger partial charge on any atom is 0.163 e. The van der Waals surface area contributed by atoms with E-state index in [1.807, 2.05) is 0 Å². The number of aromatic hydroxyl groups is 3. The summed E-state index contributed by atoms with van der Waals surface area (Å²) in [6, 6.07) is 7.09. The number of Topliss-reactive ketones (excluding diaryl/α,β-unsaturated/α-hetero) is 1. The number of ketones is 1. The van der Waals surface area contributed by atoms with Gasteiger partial charge in [0.15, 0.2) is 17.3 Å². The van der Waals surface area contributed by atoms with Crippen molar-refractivity contribution in [2.75, 3.05) is 14.2 Å². The first-order valence-electron chi connectivity index (χ1n) is 6.95. The van der Waals surface area contributed by atoms with Gasteiger partial charge >= 0.3 is 0 Å². The third-order valence-corrected chi connectivity index (χ3v) is 3.50. The fourth-order valence-corrected chi connectivity index (χ4v) is 2.28. The van der Waals surface area contributed by atoms with E-state index < -0.39 is 0 Å². The summed E-state index contributed by atoms with van der Waals surface area (Å²) in [7, 11) is 2.99. The number of carbonyl (C=O) groups is 1. The van der Waals surface area contributed by atoms with Crippen LogP contribution in [-0.2, 0) is 6.42 Å². The first kappa shape index (κ1) is 16.5. The van der Waals surface area contributed by atoms with Crippen LogP contribution in [0.4, 0.5) is 0 Å². The largest absolute Gasteiger partial charge is 0.508 e. The maximum atomic E-state index is 12.3. The van der Waals surface area contributed by atoms with Gasteiger partial charge in [-0.3, -0.25) is 4.79 Å². The van der Waals surface area contributed by atoms with Gasteiger partial charge in [0.2, 0.25) is 0 Å². The van der Waals surface area contributed by atoms with E-state index in [1.165, 1.54) is 14.2 Å². The second kappa shape index (κ2) is 6.91. The van der Waals surface area contributed by atoms with Crippen LogP contribution in [0.15, 0.2) is 30.3 Å². The molecule has 2 rings (SSSR count). The summed E-state index contributed by atoms with van der Waals surface area (Å²) >= 11 is 0. The fraction of sp³-hybridized carbons (Fsp3) is 0.235. The van der Waals surface area contributed by atoms with Crippen molar-refractivity contribution in [1.29, 1.82) is 0 Å². The van der Waals surface area contributed by atoms with Gasteiger partial charge in [-0.2, -0.15) is 0 Å². The minimum absolute atomic E-state index is 0.0847. The summed E-state index contributed by atoms with van der Waals surface area (Å²) < 4.78 is 10.3. The fourth-order valence-electron chi connectivity index (χ4n) is 2.28. The van der Waals surface area contributed by atoms with Crippen molar-refractivity contribution in [2.45, 2.75) is 12.8 Å². The normalized spacial score (nSPS) is 10.3. The van der Waals surface area contributed by atoms with Gasteiger partial charge < -0.3 is 24.8 Å². The highest BCUT2D eigenvalue weighted by Crippen LogP contribution is 2.33. The van der Waals surface area contributed by atoms with Crippen LogP contribution in [0.1, 0.15) is 22.3 Å². The monoisotopic (exact) mass is 318 g/mol. The van der Waals surface area contributed by atoms with Crippen molar-refractivity contribution >= 4 is 5.78 Å². The second-order valence-corrected chi connectivity index (χ2v) is 4.96. The van der Waals surface area contributed by atoms with Crippen molar-refractivity contribution in [3.05, 3.63) is 41.5 Å². The van der Waals surface area contributed by atoms with Gasteiger partial charge in [-0.05, 0) is 24.6 Å². The summed E-state index contributed by atoms with van der Waals surface area (Å²) in [5, 5.41) is 28.7. The van der Waals surface area contributed by atoms with E-state index in [-0.39, 0.29) is 41.4 Å². The molecule has 0 atom stereocenters. The van der Waals surface area contributed by atoms with E-state index >= 15 is 0 Å². The minimum Gasteiger partial charge on any atom is -0.508 e. The quantitative estimate of drug-likeness (QED) is 0.709. The molecule has 0 aliphatic rings. The van der Waals surface area contributed by atoms with Crippen molar-refractivity contribution in [2.24, 2.45) is 0 Å². The lowest BCUT2D eigenvalue weighted by Gasteiger charge is -2.10. The first-order chi connectivity index (χ1) is 11.0. The Morgan fingerprint density at radius 2 is 1.57 bits per heavy atom. The maximum absolute atomic E-state index is 12.3. The Morgan fingerprint density at radius 1 is 0.957 bits per heavy atom. The molecular formula is C17H18O6. The van der Waals surface area contributed by atoms with Crippen LogP contribution in [0.5, 0.6) is 28.7 Å². The predicted octanol–water partition coefficient (Wildman–Crippen LogP) is 2.64. The van der Waals surface area contributed by atoms with E-state index in [2.05, 4.69) is 0 Å². The van der Waals surface area contributed by atoms with E-state index in [9.17, 15) is 20.1 Å². The first-order valence-corrected chi connectivity index (χ1v) is 6.95. The zero-order valence-corrected chi connectivity index (χ0v) is 12.9. The highest BCUT2D eigenvalue weighted by Gasteiger charge is 2.14. The highest BCUT2D eigenvalue weighted by atomic mass is 16.5. The van der Waals surface area contributed by atoms with E-state index in [1.54, 1.807) is 18.2 Å². The molecule has 0 radical (unpaired) electrons. The lowest BCUT2D eigenvalue weighted by atomic mass is 10.0. The molecule has 3 N–H and O–H groups in total.